The zero-order chi connectivity index (χ0) is 15.5. The van der Waals surface area contributed by atoms with Crippen LogP contribution in [0.15, 0.2) is 48.7 Å². The molecule has 0 unspecified atom stereocenters. The lowest BCUT2D eigenvalue weighted by molar-refractivity contribution is 0.130. The second-order valence-corrected chi connectivity index (χ2v) is 6.83. The van der Waals surface area contributed by atoms with Gasteiger partial charge in [-0.2, -0.15) is 0 Å². The Morgan fingerprint density at radius 3 is 2.70 bits per heavy atom. The molecule has 1 spiro atoms. The van der Waals surface area contributed by atoms with Gasteiger partial charge in [-0.05, 0) is 42.5 Å². The number of nitrogens with one attached hydrogen (secondary N) is 1. The molecule has 1 aromatic heterocycles. The zero-order valence-corrected chi connectivity index (χ0v) is 13.7. The SMILES string of the molecule is c1ccc(CCN2CCC3(CC2)NCCc2ccccc23)nc1. The van der Waals surface area contributed by atoms with E-state index >= 15 is 0 Å². The Labute approximate surface area is 138 Å². The molecule has 0 saturated carbocycles. The molecule has 3 heteroatoms. The van der Waals surface area contributed by atoms with Crippen LogP contribution in [0.25, 0.3) is 0 Å². The minimum atomic E-state index is 0.219. The van der Waals surface area contributed by atoms with E-state index in [1.807, 2.05) is 12.3 Å². The maximum Gasteiger partial charge on any atom is 0.0461 e. The van der Waals surface area contributed by atoms with Crippen molar-refractivity contribution in [1.82, 2.24) is 15.2 Å². The predicted molar refractivity (Wildman–Crippen MR) is 93.4 cm³/mol. The fourth-order valence-corrected chi connectivity index (χ4v) is 4.16. The highest BCUT2D eigenvalue weighted by Gasteiger charge is 2.38. The average Bonchev–Trinajstić information content (AvgIpc) is 2.63. The third-order valence-corrected chi connectivity index (χ3v) is 5.51. The van der Waals surface area contributed by atoms with Crippen LogP contribution in [0.4, 0.5) is 0 Å². The molecule has 3 heterocycles. The Balaban J connectivity index is 1.40. The number of benzene rings is 1. The molecule has 0 aliphatic carbocycles. The summed E-state index contributed by atoms with van der Waals surface area (Å²) in [5, 5.41) is 3.85. The van der Waals surface area contributed by atoms with E-state index in [0.29, 0.717) is 0 Å². The number of rotatable bonds is 3. The second kappa shape index (κ2) is 6.42. The van der Waals surface area contributed by atoms with Crippen LogP contribution in [0.5, 0.6) is 0 Å². The molecule has 0 radical (unpaired) electrons. The highest BCUT2D eigenvalue weighted by atomic mass is 15.2. The van der Waals surface area contributed by atoms with Crippen molar-refractivity contribution in [3.63, 3.8) is 0 Å². The molecule has 2 aliphatic rings. The van der Waals surface area contributed by atoms with E-state index in [4.69, 9.17) is 0 Å². The number of nitrogens with zero attached hydrogens (tertiary/aromatic N) is 2. The first-order valence-corrected chi connectivity index (χ1v) is 8.81. The Morgan fingerprint density at radius 2 is 1.87 bits per heavy atom. The van der Waals surface area contributed by atoms with Gasteiger partial charge in [-0.1, -0.05) is 30.3 Å². The number of hydrogen-bond acceptors (Lipinski definition) is 3. The van der Waals surface area contributed by atoms with Crippen molar-refractivity contribution in [3.05, 3.63) is 65.5 Å². The summed E-state index contributed by atoms with van der Waals surface area (Å²) in [5.41, 5.74) is 4.52. The van der Waals surface area contributed by atoms with Crippen molar-refractivity contribution in [2.24, 2.45) is 0 Å². The summed E-state index contributed by atoms with van der Waals surface area (Å²) in [5.74, 6) is 0. The van der Waals surface area contributed by atoms with Gasteiger partial charge in [0.15, 0.2) is 0 Å². The van der Waals surface area contributed by atoms with Crippen LogP contribution in [0.2, 0.25) is 0 Å². The smallest absolute Gasteiger partial charge is 0.0461 e. The van der Waals surface area contributed by atoms with E-state index in [1.54, 1.807) is 11.1 Å². The van der Waals surface area contributed by atoms with Crippen LogP contribution >= 0.6 is 0 Å². The molecule has 0 bridgehead atoms. The molecule has 120 valence electrons. The van der Waals surface area contributed by atoms with Crippen molar-refractivity contribution in [1.29, 1.82) is 0 Å². The quantitative estimate of drug-likeness (QED) is 0.945. The predicted octanol–water partition coefficient (Wildman–Crippen LogP) is 2.76. The van der Waals surface area contributed by atoms with Crippen molar-refractivity contribution in [2.45, 2.75) is 31.2 Å². The van der Waals surface area contributed by atoms with Crippen LogP contribution in [0.1, 0.15) is 29.7 Å². The van der Waals surface area contributed by atoms with Crippen LogP contribution in [0.3, 0.4) is 0 Å². The van der Waals surface area contributed by atoms with Gasteiger partial charge in [0.05, 0.1) is 0 Å². The lowest BCUT2D eigenvalue weighted by Gasteiger charge is -2.46. The van der Waals surface area contributed by atoms with Gasteiger partial charge in [0, 0.05) is 50.0 Å². The van der Waals surface area contributed by atoms with E-state index in [-0.39, 0.29) is 5.54 Å². The maximum absolute atomic E-state index is 4.44. The number of fused-ring (bicyclic) bond motifs is 2. The van der Waals surface area contributed by atoms with Gasteiger partial charge in [0.1, 0.15) is 0 Å². The van der Waals surface area contributed by atoms with E-state index < -0.39 is 0 Å². The molecule has 2 aliphatic heterocycles. The fourth-order valence-electron chi connectivity index (χ4n) is 4.16. The summed E-state index contributed by atoms with van der Waals surface area (Å²) in [4.78, 5) is 7.03. The van der Waals surface area contributed by atoms with Crippen molar-refractivity contribution in [2.75, 3.05) is 26.2 Å². The molecule has 2 aromatic rings. The summed E-state index contributed by atoms with van der Waals surface area (Å²) in [6.45, 7) is 4.59. The van der Waals surface area contributed by atoms with Gasteiger partial charge in [-0.3, -0.25) is 4.98 Å². The van der Waals surface area contributed by atoms with E-state index in [0.717, 1.165) is 19.5 Å². The van der Waals surface area contributed by atoms with Gasteiger partial charge < -0.3 is 10.2 Å². The molecule has 0 atom stereocenters. The number of aromatic nitrogens is 1. The lowest BCUT2D eigenvalue weighted by Crippen LogP contribution is -2.54. The zero-order valence-electron chi connectivity index (χ0n) is 13.7. The normalized spacial score (nSPS) is 20.3. The number of hydrogen-bond donors (Lipinski definition) is 1. The first kappa shape index (κ1) is 14.9. The van der Waals surface area contributed by atoms with Gasteiger partial charge in [-0.25, -0.2) is 0 Å². The summed E-state index contributed by atoms with van der Waals surface area (Å²) < 4.78 is 0. The standard InChI is InChI=1S/C20H25N3/c1-2-7-19-17(5-1)8-13-22-20(19)10-15-23(16-11-20)14-9-18-6-3-4-12-21-18/h1-7,12,22H,8-11,13-16H2. The molecule has 1 aromatic carbocycles. The minimum absolute atomic E-state index is 0.219. The Bertz CT molecular complexity index is 645. The summed E-state index contributed by atoms with van der Waals surface area (Å²) in [6, 6.07) is 15.2. The number of pyridine rings is 1. The largest absolute Gasteiger partial charge is 0.307 e. The first-order valence-electron chi connectivity index (χ1n) is 8.81. The third-order valence-electron chi connectivity index (χ3n) is 5.51. The summed E-state index contributed by atoms with van der Waals surface area (Å²) in [7, 11) is 0. The third kappa shape index (κ3) is 3.04. The maximum atomic E-state index is 4.44. The Morgan fingerprint density at radius 1 is 1.04 bits per heavy atom. The topological polar surface area (TPSA) is 28.2 Å². The van der Waals surface area contributed by atoms with Crippen LogP contribution < -0.4 is 5.32 Å². The van der Waals surface area contributed by atoms with E-state index in [1.165, 1.54) is 38.0 Å². The molecule has 3 nitrogen and oxygen atoms in total. The van der Waals surface area contributed by atoms with Gasteiger partial charge in [-0.15, -0.1) is 0 Å². The molecular weight excluding hydrogens is 282 g/mol. The van der Waals surface area contributed by atoms with Gasteiger partial charge >= 0.3 is 0 Å². The van der Waals surface area contributed by atoms with E-state index in [2.05, 4.69) is 51.6 Å². The Kier molecular flexibility index (Phi) is 4.15. The van der Waals surface area contributed by atoms with Gasteiger partial charge in [0.25, 0.3) is 0 Å². The monoisotopic (exact) mass is 307 g/mol. The highest BCUT2D eigenvalue weighted by Crippen LogP contribution is 2.37. The molecule has 0 amide bonds. The van der Waals surface area contributed by atoms with E-state index in [9.17, 15) is 0 Å². The van der Waals surface area contributed by atoms with Crippen LogP contribution in [-0.4, -0.2) is 36.1 Å². The van der Waals surface area contributed by atoms with Crippen LogP contribution in [0, 0.1) is 0 Å². The van der Waals surface area contributed by atoms with Crippen LogP contribution in [-0.2, 0) is 18.4 Å². The Hall–Kier alpha value is -1.71. The molecular formula is C20H25N3. The van der Waals surface area contributed by atoms with Crippen molar-refractivity contribution < 1.29 is 0 Å². The summed E-state index contributed by atoms with van der Waals surface area (Å²) >= 11 is 0. The first-order chi connectivity index (χ1) is 11.4. The molecule has 1 fully saturated rings. The fraction of sp³-hybridized carbons (Fsp3) is 0.450. The van der Waals surface area contributed by atoms with Crippen molar-refractivity contribution >= 4 is 0 Å². The molecule has 1 N–H and O–H groups in total. The molecule has 23 heavy (non-hydrogen) atoms. The minimum Gasteiger partial charge on any atom is -0.307 e. The number of likely N-dealkylation sites (tertiary alicyclic amines) is 1. The second-order valence-electron chi connectivity index (χ2n) is 6.83. The lowest BCUT2D eigenvalue weighted by atomic mass is 9.76. The molecule has 4 rings (SSSR count). The molecule has 1 saturated heterocycles. The number of piperidine rings is 1. The van der Waals surface area contributed by atoms with Gasteiger partial charge in [0.2, 0.25) is 0 Å². The van der Waals surface area contributed by atoms with Crippen molar-refractivity contribution in [3.8, 4) is 0 Å². The summed E-state index contributed by atoms with van der Waals surface area (Å²) in [6.07, 6.45) is 6.54. The average molecular weight is 307 g/mol. The highest BCUT2D eigenvalue weighted by molar-refractivity contribution is 5.36.